The second-order valence-corrected chi connectivity index (χ2v) is 6.51. The van der Waals surface area contributed by atoms with E-state index in [1.807, 2.05) is 0 Å². The van der Waals surface area contributed by atoms with Crippen LogP contribution in [0.4, 0.5) is 0 Å². The molecule has 0 amide bonds. The van der Waals surface area contributed by atoms with Crippen LogP contribution in [0, 0.1) is 0 Å². The lowest BCUT2D eigenvalue weighted by molar-refractivity contribution is -0.138. The topological polar surface area (TPSA) is 63.6 Å². The molecule has 0 aromatic carbocycles. The average Bonchev–Trinajstić information content (AvgIpc) is 2.58. The Kier molecular flexibility index (Phi) is 24.0. The Labute approximate surface area is 160 Å². The first-order valence-electron chi connectivity index (χ1n) is 10.2. The Hall–Kier alpha value is -1.58. The van der Waals surface area contributed by atoms with E-state index in [1.165, 1.54) is 76.9 Å². The van der Waals surface area contributed by atoms with Crippen LogP contribution < -0.4 is 0 Å². The molecule has 4 heteroatoms. The first kappa shape index (κ1) is 26.6. The number of hydrogen-bond acceptors (Lipinski definition) is 3. The molecule has 0 saturated carbocycles. The van der Waals surface area contributed by atoms with Crippen LogP contribution in [-0.4, -0.2) is 17.0 Å². The molecular formula is C22H40O4. The molecule has 0 spiro atoms. The molecule has 0 heterocycles. The van der Waals surface area contributed by atoms with Gasteiger partial charge < -0.3 is 9.84 Å². The molecule has 0 aliphatic carbocycles. The highest BCUT2D eigenvalue weighted by molar-refractivity contribution is 5.69. The van der Waals surface area contributed by atoms with Crippen molar-refractivity contribution < 1.29 is 19.4 Å². The number of rotatable bonds is 16. The van der Waals surface area contributed by atoms with E-state index in [2.05, 4.69) is 30.4 Å². The van der Waals surface area contributed by atoms with Gasteiger partial charge in [0.25, 0.3) is 5.97 Å². The van der Waals surface area contributed by atoms with Crippen LogP contribution in [0.2, 0.25) is 0 Å². The van der Waals surface area contributed by atoms with E-state index < -0.39 is 5.97 Å². The quantitative estimate of drug-likeness (QED) is 0.141. The van der Waals surface area contributed by atoms with Crippen molar-refractivity contribution in [3.63, 3.8) is 0 Å². The maximum atomic E-state index is 11.1. The summed E-state index contributed by atoms with van der Waals surface area (Å²) >= 11 is 0. The van der Waals surface area contributed by atoms with Crippen LogP contribution in [-0.2, 0) is 14.3 Å². The minimum absolute atomic E-state index is 0.160. The largest absolute Gasteiger partial charge is 0.481 e. The predicted molar refractivity (Wildman–Crippen MR) is 109 cm³/mol. The lowest BCUT2D eigenvalue weighted by Gasteiger charge is -2.00. The number of allylic oxidation sites excluding steroid dienone is 2. The van der Waals surface area contributed by atoms with Crippen molar-refractivity contribution in [3.05, 3.63) is 25.0 Å². The normalized spacial score (nSPS) is 10.2. The molecule has 0 saturated heterocycles. The molecule has 0 aliphatic heterocycles. The molecule has 0 rings (SSSR count). The summed E-state index contributed by atoms with van der Waals surface area (Å²) in [5.41, 5.74) is 0. The summed E-state index contributed by atoms with van der Waals surface area (Å²) in [5.74, 6) is -0.993. The third-order valence-electron chi connectivity index (χ3n) is 3.86. The number of esters is 1. The van der Waals surface area contributed by atoms with Crippen molar-refractivity contribution in [2.75, 3.05) is 0 Å². The van der Waals surface area contributed by atoms with Gasteiger partial charge in [-0.05, 0) is 32.1 Å². The molecule has 0 aromatic rings. The van der Waals surface area contributed by atoms with E-state index in [9.17, 15) is 4.79 Å². The number of carbonyl (C=O) groups excluding carboxylic acids is 1. The van der Waals surface area contributed by atoms with E-state index in [0.29, 0.717) is 6.42 Å². The maximum Gasteiger partial charge on any atom is 0.310 e. The van der Waals surface area contributed by atoms with Crippen molar-refractivity contribution in [1.29, 1.82) is 0 Å². The average molecular weight is 369 g/mol. The molecular weight excluding hydrogens is 328 g/mol. The Morgan fingerprint density at radius 1 is 0.846 bits per heavy atom. The van der Waals surface area contributed by atoms with Gasteiger partial charge in [-0.2, -0.15) is 0 Å². The lowest BCUT2D eigenvalue weighted by Crippen LogP contribution is -1.98. The van der Waals surface area contributed by atoms with Gasteiger partial charge in [0.15, 0.2) is 0 Å². The summed E-state index contributed by atoms with van der Waals surface area (Å²) in [6.07, 6.45) is 22.9. The van der Waals surface area contributed by atoms with Gasteiger partial charge in [-0.25, -0.2) is 0 Å². The van der Waals surface area contributed by atoms with Gasteiger partial charge in [0.05, 0.1) is 6.26 Å². The molecule has 0 unspecified atom stereocenters. The van der Waals surface area contributed by atoms with Gasteiger partial charge in [-0.15, -0.1) is 0 Å². The fraction of sp³-hybridized carbons (Fsp3) is 0.727. The minimum Gasteiger partial charge on any atom is -0.481 e. The van der Waals surface area contributed by atoms with E-state index in [0.717, 1.165) is 19.8 Å². The third-order valence-corrected chi connectivity index (χ3v) is 3.86. The highest BCUT2D eigenvalue weighted by Crippen LogP contribution is 2.10. The van der Waals surface area contributed by atoms with Crippen LogP contribution in [0.5, 0.6) is 0 Å². The van der Waals surface area contributed by atoms with Gasteiger partial charge in [0.2, 0.25) is 0 Å². The second kappa shape index (κ2) is 23.4. The maximum absolute atomic E-state index is 11.1. The van der Waals surface area contributed by atoms with Crippen molar-refractivity contribution in [1.82, 2.24) is 0 Å². The van der Waals surface area contributed by atoms with E-state index in [4.69, 9.17) is 9.90 Å². The monoisotopic (exact) mass is 368 g/mol. The fourth-order valence-corrected chi connectivity index (χ4v) is 2.49. The zero-order valence-electron chi connectivity index (χ0n) is 17.0. The van der Waals surface area contributed by atoms with Crippen molar-refractivity contribution in [3.8, 4) is 0 Å². The van der Waals surface area contributed by atoms with Gasteiger partial charge in [0, 0.05) is 13.3 Å². The highest BCUT2D eigenvalue weighted by atomic mass is 16.5. The number of ether oxygens (including phenoxy) is 1. The summed E-state index contributed by atoms with van der Waals surface area (Å²) < 4.78 is 4.68. The van der Waals surface area contributed by atoms with Gasteiger partial charge in [0.1, 0.15) is 0 Å². The molecule has 152 valence electrons. The van der Waals surface area contributed by atoms with Crippen molar-refractivity contribution in [2.24, 2.45) is 0 Å². The van der Waals surface area contributed by atoms with Gasteiger partial charge in [-0.3, -0.25) is 9.59 Å². The molecule has 1 N–H and O–H groups in total. The fourth-order valence-electron chi connectivity index (χ4n) is 2.49. The molecule has 0 aliphatic rings. The number of carboxylic acid groups (broad SMARTS) is 1. The summed E-state index contributed by atoms with van der Waals surface area (Å²) in [4.78, 5) is 20.1. The zero-order valence-corrected chi connectivity index (χ0v) is 17.0. The zero-order chi connectivity index (χ0) is 19.9. The number of unbranched alkanes of at least 4 members (excludes halogenated alkanes) is 11. The van der Waals surface area contributed by atoms with E-state index in [-0.39, 0.29) is 5.97 Å². The van der Waals surface area contributed by atoms with Crippen LogP contribution in [0.1, 0.15) is 104 Å². The number of carbonyl (C=O) groups is 2. The van der Waals surface area contributed by atoms with Crippen LogP contribution in [0.25, 0.3) is 0 Å². The molecule has 0 fully saturated rings. The number of carboxylic acids is 1. The van der Waals surface area contributed by atoms with Crippen LogP contribution >= 0.6 is 0 Å². The molecule has 0 atom stereocenters. The summed E-state index contributed by atoms with van der Waals surface area (Å²) in [5, 5.41) is 7.42. The Morgan fingerprint density at radius 2 is 1.27 bits per heavy atom. The summed E-state index contributed by atoms with van der Waals surface area (Å²) in [7, 11) is 0. The van der Waals surface area contributed by atoms with Gasteiger partial charge in [-0.1, -0.05) is 77.0 Å². The lowest BCUT2D eigenvalue weighted by atomic mass is 10.1. The number of hydrogen-bond donors (Lipinski definition) is 1. The standard InChI is InChI=1S/C20H36O2.C2H4O2/c1-3-5-6-7-8-9-10-11-12-13-14-15-16-17-18-19-20(21)22-4-2;1-2(3)4/h4,11-12H,2-3,5-10,13-19H2,1H3;1H3,(H,3,4). The molecule has 0 radical (unpaired) electrons. The third kappa shape index (κ3) is 30.3. The SMILES string of the molecule is C=COC(=O)CCCCCCCC=CCCCCCCCC.CC(=O)O. The first-order chi connectivity index (χ1) is 12.5. The van der Waals surface area contributed by atoms with E-state index in [1.54, 1.807) is 0 Å². The van der Waals surface area contributed by atoms with E-state index >= 15 is 0 Å². The summed E-state index contributed by atoms with van der Waals surface area (Å²) in [6, 6.07) is 0. The Bertz CT molecular complexity index is 357. The van der Waals surface area contributed by atoms with Crippen molar-refractivity contribution >= 4 is 11.9 Å². The molecule has 0 aromatic heterocycles. The summed E-state index contributed by atoms with van der Waals surface area (Å²) in [6.45, 7) is 6.72. The minimum atomic E-state index is -0.833. The van der Waals surface area contributed by atoms with Crippen LogP contribution in [0.15, 0.2) is 25.0 Å². The number of aliphatic carboxylic acids is 1. The second-order valence-electron chi connectivity index (χ2n) is 6.51. The van der Waals surface area contributed by atoms with Crippen molar-refractivity contribution in [2.45, 2.75) is 104 Å². The molecule has 0 bridgehead atoms. The van der Waals surface area contributed by atoms with Crippen LogP contribution in [0.3, 0.4) is 0 Å². The molecule has 4 nitrogen and oxygen atoms in total. The Balaban J connectivity index is 0. The van der Waals surface area contributed by atoms with Gasteiger partial charge >= 0.3 is 5.97 Å². The predicted octanol–water partition coefficient (Wildman–Crippen LogP) is 6.80. The highest BCUT2D eigenvalue weighted by Gasteiger charge is 1.99. The smallest absolute Gasteiger partial charge is 0.310 e. The first-order valence-corrected chi connectivity index (χ1v) is 10.2. The molecule has 26 heavy (non-hydrogen) atoms. The Morgan fingerprint density at radius 3 is 1.73 bits per heavy atom.